The number of carbonyl (C=O) groups is 1. The van der Waals surface area contributed by atoms with Crippen LogP contribution in [0.1, 0.15) is 12.5 Å². The zero-order valence-corrected chi connectivity index (χ0v) is 12.0. The van der Waals surface area contributed by atoms with Gasteiger partial charge in [-0.2, -0.15) is 0 Å². The molecule has 0 aliphatic heterocycles. The quantitative estimate of drug-likeness (QED) is 0.781. The molecule has 0 radical (unpaired) electrons. The van der Waals surface area contributed by atoms with Crippen molar-refractivity contribution < 1.29 is 4.79 Å². The maximum atomic E-state index is 11.2. The van der Waals surface area contributed by atoms with Gasteiger partial charge < -0.3 is 5.32 Å². The van der Waals surface area contributed by atoms with Crippen molar-refractivity contribution >= 4 is 33.3 Å². The van der Waals surface area contributed by atoms with Crippen molar-refractivity contribution in [2.45, 2.75) is 13.8 Å². The molecule has 20 heavy (non-hydrogen) atoms. The van der Waals surface area contributed by atoms with Crippen LogP contribution in [0.2, 0.25) is 0 Å². The predicted molar refractivity (Wildman–Crippen MR) is 81.9 cm³/mol. The topological polar surface area (TPSA) is 54.9 Å². The first-order valence-corrected chi connectivity index (χ1v) is 7.06. The summed E-state index contributed by atoms with van der Waals surface area (Å²) in [4.78, 5) is 21.1. The van der Waals surface area contributed by atoms with Gasteiger partial charge in [-0.15, -0.1) is 0 Å². The number of amides is 1. The van der Waals surface area contributed by atoms with Crippen LogP contribution in [-0.4, -0.2) is 15.9 Å². The summed E-state index contributed by atoms with van der Waals surface area (Å²) in [6.45, 7) is 3.49. The molecule has 2 heterocycles. The first kappa shape index (κ1) is 12.7. The zero-order chi connectivity index (χ0) is 14.1. The highest BCUT2D eigenvalue weighted by Crippen LogP contribution is 2.33. The number of nitrogens with zero attached hydrogens (tertiary/aromatic N) is 2. The van der Waals surface area contributed by atoms with Crippen molar-refractivity contribution in [3.05, 3.63) is 42.1 Å². The third-order valence-corrected chi connectivity index (χ3v) is 4.05. The van der Waals surface area contributed by atoms with Crippen LogP contribution >= 0.6 is 11.3 Å². The molecule has 0 saturated carbocycles. The maximum absolute atomic E-state index is 11.2. The number of carbonyl (C=O) groups excluding carboxylic acids is 1. The van der Waals surface area contributed by atoms with Gasteiger partial charge in [0.1, 0.15) is 15.4 Å². The highest BCUT2D eigenvalue weighted by Gasteiger charge is 2.11. The Morgan fingerprint density at radius 3 is 2.85 bits per heavy atom. The Hall–Kier alpha value is -2.27. The van der Waals surface area contributed by atoms with E-state index in [9.17, 15) is 4.79 Å². The van der Waals surface area contributed by atoms with E-state index in [1.54, 1.807) is 17.5 Å². The smallest absolute Gasteiger partial charge is 0.221 e. The van der Waals surface area contributed by atoms with Gasteiger partial charge in [-0.05, 0) is 30.7 Å². The largest absolute Gasteiger partial charge is 0.326 e. The fourth-order valence-electron chi connectivity index (χ4n) is 2.08. The Labute approximate surface area is 120 Å². The summed E-state index contributed by atoms with van der Waals surface area (Å²) in [6.07, 6.45) is 1.77. The third-order valence-electron chi connectivity index (χ3n) is 3.04. The molecule has 0 bridgehead atoms. The number of fused-ring (bicyclic) bond motifs is 1. The molecule has 0 atom stereocenters. The Bertz CT molecular complexity index is 762. The molecular weight excluding hydrogens is 270 g/mol. The molecule has 2 aromatic heterocycles. The number of benzene rings is 1. The molecular formula is C15H13N3OS. The van der Waals surface area contributed by atoms with Gasteiger partial charge >= 0.3 is 0 Å². The molecule has 0 fully saturated rings. The van der Waals surface area contributed by atoms with Crippen molar-refractivity contribution in [1.82, 2.24) is 9.97 Å². The Morgan fingerprint density at radius 2 is 2.10 bits per heavy atom. The molecule has 0 saturated heterocycles. The minimum absolute atomic E-state index is 0.0729. The standard InChI is InChI=1S/C15H13N3OS/c1-9-11(5-3-6-12(9)17-10(2)19)14-18-13-7-4-8-16-15(13)20-14/h3-8H,1-2H3,(H,17,19). The van der Waals surface area contributed by atoms with Gasteiger partial charge in [-0.25, -0.2) is 9.97 Å². The molecule has 0 spiro atoms. The van der Waals surface area contributed by atoms with E-state index in [-0.39, 0.29) is 5.91 Å². The second-order valence-electron chi connectivity index (χ2n) is 4.51. The van der Waals surface area contributed by atoms with E-state index < -0.39 is 0 Å². The lowest BCUT2D eigenvalue weighted by Crippen LogP contribution is -2.07. The van der Waals surface area contributed by atoms with E-state index in [1.165, 1.54) is 6.92 Å². The van der Waals surface area contributed by atoms with Gasteiger partial charge in [0, 0.05) is 24.4 Å². The van der Waals surface area contributed by atoms with Crippen LogP contribution in [0.25, 0.3) is 20.9 Å². The van der Waals surface area contributed by atoms with Crippen molar-refractivity contribution in [2.24, 2.45) is 0 Å². The summed E-state index contributed by atoms with van der Waals surface area (Å²) in [5.41, 5.74) is 3.76. The Balaban J connectivity index is 2.11. The molecule has 100 valence electrons. The first-order chi connectivity index (χ1) is 9.65. The molecule has 1 N–H and O–H groups in total. The first-order valence-electron chi connectivity index (χ1n) is 6.24. The Morgan fingerprint density at radius 1 is 1.25 bits per heavy atom. The lowest BCUT2D eigenvalue weighted by atomic mass is 10.1. The van der Waals surface area contributed by atoms with Crippen LogP contribution in [0.3, 0.4) is 0 Å². The lowest BCUT2D eigenvalue weighted by molar-refractivity contribution is -0.114. The third kappa shape index (κ3) is 2.28. The molecule has 1 amide bonds. The van der Waals surface area contributed by atoms with Crippen LogP contribution in [0.15, 0.2) is 36.5 Å². The molecule has 3 rings (SSSR count). The zero-order valence-electron chi connectivity index (χ0n) is 11.2. The van der Waals surface area contributed by atoms with E-state index >= 15 is 0 Å². The van der Waals surface area contributed by atoms with Crippen molar-refractivity contribution in [3.63, 3.8) is 0 Å². The summed E-state index contributed by atoms with van der Waals surface area (Å²) in [5.74, 6) is -0.0729. The Kier molecular flexibility index (Phi) is 3.20. The second-order valence-corrected chi connectivity index (χ2v) is 5.48. The number of hydrogen-bond donors (Lipinski definition) is 1. The maximum Gasteiger partial charge on any atom is 0.221 e. The summed E-state index contributed by atoms with van der Waals surface area (Å²) >= 11 is 1.56. The van der Waals surface area contributed by atoms with Crippen LogP contribution < -0.4 is 5.32 Å². The monoisotopic (exact) mass is 283 g/mol. The van der Waals surface area contributed by atoms with Gasteiger partial charge in [0.25, 0.3) is 0 Å². The van der Waals surface area contributed by atoms with Crippen LogP contribution in [0, 0.1) is 6.92 Å². The summed E-state index contributed by atoms with van der Waals surface area (Å²) in [6, 6.07) is 9.67. The number of nitrogens with one attached hydrogen (secondary N) is 1. The minimum atomic E-state index is -0.0729. The van der Waals surface area contributed by atoms with Crippen LogP contribution in [0.4, 0.5) is 5.69 Å². The minimum Gasteiger partial charge on any atom is -0.326 e. The normalized spacial score (nSPS) is 10.7. The van der Waals surface area contributed by atoms with Crippen LogP contribution in [-0.2, 0) is 4.79 Å². The number of rotatable bonds is 2. The fraction of sp³-hybridized carbons (Fsp3) is 0.133. The number of hydrogen-bond acceptors (Lipinski definition) is 4. The molecule has 5 heteroatoms. The van der Waals surface area contributed by atoms with Gasteiger partial charge in [0.2, 0.25) is 5.91 Å². The summed E-state index contributed by atoms with van der Waals surface area (Å²) < 4.78 is 0. The van der Waals surface area contributed by atoms with Crippen LogP contribution in [0.5, 0.6) is 0 Å². The highest BCUT2D eigenvalue weighted by molar-refractivity contribution is 7.21. The summed E-state index contributed by atoms with van der Waals surface area (Å²) in [5, 5.41) is 3.76. The van der Waals surface area contributed by atoms with Gasteiger partial charge in [0.05, 0.1) is 0 Å². The SMILES string of the molecule is CC(=O)Nc1cccc(-c2nc3cccnc3s2)c1C. The van der Waals surface area contributed by atoms with Gasteiger partial charge in [0.15, 0.2) is 0 Å². The molecule has 1 aromatic carbocycles. The van der Waals surface area contributed by atoms with Crippen molar-refractivity contribution in [2.75, 3.05) is 5.32 Å². The average molecular weight is 283 g/mol. The van der Waals surface area contributed by atoms with Gasteiger partial charge in [-0.1, -0.05) is 23.5 Å². The van der Waals surface area contributed by atoms with E-state index in [1.807, 2.05) is 37.3 Å². The molecule has 0 aliphatic rings. The number of anilines is 1. The average Bonchev–Trinajstić information content (AvgIpc) is 2.84. The van der Waals surface area contributed by atoms with Crippen molar-refractivity contribution in [3.8, 4) is 10.6 Å². The molecule has 4 nitrogen and oxygen atoms in total. The van der Waals surface area contributed by atoms with E-state index in [0.717, 1.165) is 32.2 Å². The highest BCUT2D eigenvalue weighted by atomic mass is 32.1. The molecule has 0 aliphatic carbocycles. The van der Waals surface area contributed by atoms with E-state index in [0.29, 0.717) is 0 Å². The number of thiazole rings is 1. The van der Waals surface area contributed by atoms with E-state index in [2.05, 4.69) is 15.3 Å². The van der Waals surface area contributed by atoms with Gasteiger partial charge in [-0.3, -0.25) is 4.79 Å². The predicted octanol–water partition coefficient (Wildman–Crippen LogP) is 3.63. The molecule has 3 aromatic rings. The van der Waals surface area contributed by atoms with E-state index in [4.69, 9.17) is 0 Å². The second kappa shape index (κ2) is 5.02. The summed E-state index contributed by atoms with van der Waals surface area (Å²) in [7, 11) is 0. The number of pyridine rings is 1. The fourth-order valence-corrected chi connectivity index (χ4v) is 3.07. The number of aromatic nitrogens is 2. The van der Waals surface area contributed by atoms with Crippen molar-refractivity contribution in [1.29, 1.82) is 0 Å². The lowest BCUT2D eigenvalue weighted by Gasteiger charge is -2.09. The molecule has 0 unspecified atom stereocenters.